The molecule has 116 valence electrons. The highest BCUT2D eigenvalue weighted by Crippen LogP contribution is 2.39. The number of halogens is 5. The Morgan fingerprint density at radius 3 is 2.38 bits per heavy atom. The number of amides is 1. The average Bonchev–Trinajstić information content (AvgIpc) is 2.41. The molecule has 0 aliphatic heterocycles. The molecule has 0 radical (unpaired) electrons. The van der Waals surface area contributed by atoms with Gasteiger partial charge in [-0.05, 0) is 57.5 Å². The van der Waals surface area contributed by atoms with Crippen molar-refractivity contribution < 1.29 is 18.0 Å². The molecular weight excluding hydrogens is 419 g/mol. The van der Waals surface area contributed by atoms with Crippen molar-refractivity contribution in [3.05, 3.63) is 15.4 Å². The number of carbonyl (C=O) groups is 1. The van der Waals surface area contributed by atoms with E-state index >= 15 is 0 Å². The zero-order chi connectivity index (χ0) is 15.6. The molecule has 1 aliphatic carbocycles. The maximum Gasteiger partial charge on any atom is 0.391 e. The zero-order valence-electron chi connectivity index (χ0n) is 10.8. The van der Waals surface area contributed by atoms with Crippen LogP contribution < -0.4 is 5.32 Å². The zero-order valence-corrected chi connectivity index (χ0v) is 13.9. The number of nitrogens with zero attached hydrogens (tertiary/aromatic N) is 2. The minimum atomic E-state index is -4.17. The number of hydrogen-bond donors (Lipinski definition) is 1. The van der Waals surface area contributed by atoms with E-state index in [1.54, 1.807) is 0 Å². The molecule has 0 bridgehead atoms. The van der Waals surface area contributed by atoms with Gasteiger partial charge in [0, 0.05) is 5.92 Å². The number of carbonyl (C=O) groups excluding carboxylic acids is 1. The predicted octanol–water partition coefficient (Wildman–Crippen LogP) is 4.31. The summed E-state index contributed by atoms with van der Waals surface area (Å²) in [6, 6.07) is 0. The summed E-state index contributed by atoms with van der Waals surface area (Å²) < 4.78 is 38.6. The summed E-state index contributed by atoms with van der Waals surface area (Å²) in [6.45, 7) is 0. The van der Waals surface area contributed by atoms with Gasteiger partial charge in [-0.15, -0.1) is 0 Å². The lowest BCUT2D eigenvalue weighted by molar-refractivity contribution is -0.184. The number of nitrogens with one attached hydrogen (secondary N) is 1. The van der Waals surface area contributed by atoms with E-state index in [0.29, 0.717) is 9.21 Å². The van der Waals surface area contributed by atoms with Gasteiger partial charge in [0.2, 0.25) is 5.91 Å². The topological polar surface area (TPSA) is 54.9 Å². The monoisotopic (exact) mass is 429 g/mol. The van der Waals surface area contributed by atoms with Gasteiger partial charge >= 0.3 is 6.18 Å². The highest BCUT2D eigenvalue weighted by atomic mass is 79.9. The summed E-state index contributed by atoms with van der Waals surface area (Å²) in [4.78, 5) is 20.1. The molecule has 1 N–H and O–H groups in total. The van der Waals surface area contributed by atoms with Crippen LogP contribution in [-0.4, -0.2) is 22.1 Å². The first-order valence-electron chi connectivity index (χ1n) is 6.33. The minimum Gasteiger partial charge on any atom is -0.308 e. The molecule has 0 spiro atoms. The largest absolute Gasteiger partial charge is 0.391 e. The molecule has 0 saturated heterocycles. The first-order chi connectivity index (χ1) is 9.77. The molecule has 1 aliphatic rings. The van der Waals surface area contributed by atoms with Crippen molar-refractivity contribution in [1.82, 2.24) is 9.97 Å². The van der Waals surface area contributed by atoms with Crippen molar-refractivity contribution >= 4 is 43.6 Å². The van der Waals surface area contributed by atoms with Crippen LogP contribution in [0.15, 0.2) is 15.4 Å². The molecule has 4 nitrogen and oxygen atoms in total. The van der Waals surface area contributed by atoms with Crippen molar-refractivity contribution in [2.24, 2.45) is 11.8 Å². The SMILES string of the molecule is O=C(Nc1ncc(Br)nc1Br)C1CCC(C(F)(F)F)CC1. The first kappa shape index (κ1) is 16.7. The Bertz CT molecular complexity index is 531. The van der Waals surface area contributed by atoms with E-state index in [4.69, 9.17) is 0 Å². The Kier molecular flexibility index (Phi) is 5.24. The van der Waals surface area contributed by atoms with Gasteiger partial charge in [0.25, 0.3) is 0 Å². The van der Waals surface area contributed by atoms with Crippen LogP contribution in [-0.2, 0) is 4.79 Å². The smallest absolute Gasteiger partial charge is 0.308 e. The maximum absolute atomic E-state index is 12.6. The lowest BCUT2D eigenvalue weighted by Gasteiger charge is -2.29. The minimum absolute atomic E-state index is 0.00519. The van der Waals surface area contributed by atoms with Gasteiger partial charge in [-0.25, -0.2) is 9.97 Å². The molecule has 0 unspecified atom stereocenters. The molecule has 9 heteroatoms. The Balaban J connectivity index is 1.93. The fraction of sp³-hybridized carbons (Fsp3) is 0.583. The van der Waals surface area contributed by atoms with Crippen LogP contribution in [0.4, 0.5) is 19.0 Å². The van der Waals surface area contributed by atoms with E-state index in [1.165, 1.54) is 6.20 Å². The average molecular weight is 431 g/mol. The molecule has 1 aromatic heterocycles. The molecule has 2 rings (SSSR count). The van der Waals surface area contributed by atoms with E-state index in [1.807, 2.05) is 0 Å². The van der Waals surface area contributed by atoms with Crippen molar-refractivity contribution in [2.45, 2.75) is 31.9 Å². The molecule has 1 saturated carbocycles. The van der Waals surface area contributed by atoms with E-state index in [2.05, 4.69) is 47.1 Å². The summed E-state index contributed by atoms with van der Waals surface area (Å²) in [5, 5.41) is 2.60. The van der Waals surface area contributed by atoms with Crippen LogP contribution in [0.1, 0.15) is 25.7 Å². The first-order valence-corrected chi connectivity index (χ1v) is 7.91. The highest BCUT2D eigenvalue weighted by molar-refractivity contribution is 9.11. The fourth-order valence-electron chi connectivity index (χ4n) is 2.33. The Morgan fingerprint density at radius 1 is 1.24 bits per heavy atom. The van der Waals surface area contributed by atoms with Gasteiger partial charge in [-0.2, -0.15) is 13.2 Å². The van der Waals surface area contributed by atoms with Crippen molar-refractivity contribution in [3.8, 4) is 0 Å². The van der Waals surface area contributed by atoms with Crippen molar-refractivity contribution in [2.75, 3.05) is 5.32 Å². The molecule has 21 heavy (non-hydrogen) atoms. The summed E-state index contributed by atoms with van der Waals surface area (Å²) in [7, 11) is 0. The molecule has 1 amide bonds. The van der Waals surface area contributed by atoms with Crippen LogP contribution in [0.5, 0.6) is 0 Å². The number of anilines is 1. The van der Waals surface area contributed by atoms with E-state index in [-0.39, 0.29) is 37.4 Å². The van der Waals surface area contributed by atoms with E-state index < -0.39 is 18.0 Å². The quantitative estimate of drug-likeness (QED) is 0.760. The third-order valence-corrected chi connectivity index (χ3v) is 4.44. The van der Waals surface area contributed by atoms with Crippen LogP contribution in [0, 0.1) is 11.8 Å². The third-order valence-electron chi connectivity index (χ3n) is 3.50. The molecule has 1 fully saturated rings. The molecule has 0 atom stereocenters. The molecule has 1 heterocycles. The number of hydrogen-bond acceptors (Lipinski definition) is 3. The third kappa shape index (κ3) is 4.38. The summed E-state index contributed by atoms with van der Waals surface area (Å²) in [5.74, 6) is -1.75. The van der Waals surface area contributed by atoms with Crippen molar-refractivity contribution in [1.29, 1.82) is 0 Å². The second-order valence-corrected chi connectivity index (χ2v) is 6.48. The fourth-order valence-corrected chi connectivity index (χ4v) is 3.24. The van der Waals surface area contributed by atoms with Crippen LogP contribution in [0.3, 0.4) is 0 Å². The molecular formula is C12H12Br2F3N3O. The van der Waals surface area contributed by atoms with Gasteiger partial charge in [0.1, 0.15) is 9.21 Å². The molecule has 1 aromatic rings. The molecule has 0 aromatic carbocycles. The number of aromatic nitrogens is 2. The van der Waals surface area contributed by atoms with E-state index in [9.17, 15) is 18.0 Å². The van der Waals surface area contributed by atoms with Gasteiger partial charge < -0.3 is 5.32 Å². The second kappa shape index (κ2) is 6.60. The van der Waals surface area contributed by atoms with Gasteiger partial charge in [-0.3, -0.25) is 4.79 Å². The number of alkyl halides is 3. The normalized spacial score (nSPS) is 22.9. The van der Waals surface area contributed by atoms with Crippen molar-refractivity contribution in [3.63, 3.8) is 0 Å². The van der Waals surface area contributed by atoms with Crippen LogP contribution >= 0.6 is 31.9 Å². The van der Waals surface area contributed by atoms with Crippen LogP contribution in [0.25, 0.3) is 0 Å². The van der Waals surface area contributed by atoms with Crippen LogP contribution in [0.2, 0.25) is 0 Å². The lowest BCUT2D eigenvalue weighted by atomic mass is 9.81. The predicted molar refractivity (Wildman–Crippen MR) is 77.6 cm³/mol. The summed E-state index contributed by atoms with van der Waals surface area (Å²) in [6.07, 6.45) is -2.28. The number of rotatable bonds is 2. The van der Waals surface area contributed by atoms with E-state index in [0.717, 1.165) is 0 Å². The lowest BCUT2D eigenvalue weighted by Crippen LogP contribution is -2.32. The maximum atomic E-state index is 12.6. The van der Waals surface area contributed by atoms with Gasteiger partial charge in [0.05, 0.1) is 12.1 Å². The summed E-state index contributed by atoms with van der Waals surface area (Å²) >= 11 is 6.31. The standard InChI is InChI=1S/C12H12Br2F3N3O/c13-8-5-18-10(9(14)19-8)20-11(21)6-1-3-7(4-2-6)12(15,16)17/h5-7H,1-4H2,(H,18,20,21). The Labute approximate surface area is 136 Å². The summed E-state index contributed by atoms with van der Waals surface area (Å²) in [5.41, 5.74) is 0. The van der Waals surface area contributed by atoms with Gasteiger partial charge in [-0.1, -0.05) is 0 Å². The highest BCUT2D eigenvalue weighted by Gasteiger charge is 2.42. The van der Waals surface area contributed by atoms with Gasteiger partial charge in [0.15, 0.2) is 5.82 Å². The Hall–Kier alpha value is -0.700. The second-order valence-electron chi connectivity index (χ2n) is 4.91. The Morgan fingerprint density at radius 2 is 1.86 bits per heavy atom.